The van der Waals surface area contributed by atoms with Crippen molar-refractivity contribution in [2.24, 2.45) is 7.05 Å². The second-order valence-corrected chi connectivity index (χ2v) is 8.11. The van der Waals surface area contributed by atoms with Crippen LogP contribution in [0, 0.1) is 11.6 Å². The third kappa shape index (κ3) is 5.85. The van der Waals surface area contributed by atoms with Crippen LogP contribution in [0.5, 0.6) is 17.2 Å². The number of halogens is 3. The van der Waals surface area contributed by atoms with Gasteiger partial charge in [-0.05, 0) is 19.1 Å². The van der Waals surface area contributed by atoms with Crippen LogP contribution in [0.25, 0.3) is 0 Å². The molecule has 0 saturated heterocycles. The summed E-state index contributed by atoms with van der Waals surface area (Å²) in [5, 5.41) is 11.7. The molecule has 1 atom stereocenters. The number of ether oxygens (including phenoxy) is 3. The van der Waals surface area contributed by atoms with Crippen LogP contribution in [0.3, 0.4) is 0 Å². The highest BCUT2D eigenvalue weighted by atomic mass is 35.5. The van der Waals surface area contributed by atoms with Gasteiger partial charge in [0.25, 0.3) is 0 Å². The molecule has 0 aliphatic heterocycles. The maximum Gasteiger partial charge on any atom is 0.234 e. The molecule has 0 aliphatic rings. The van der Waals surface area contributed by atoms with E-state index in [9.17, 15) is 13.6 Å². The van der Waals surface area contributed by atoms with Gasteiger partial charge in [0.2, 0.25) is 5.91 Å². The van der Waals surface area contributed by atoms with E-state index in [4.69, 9.17) is 25.8 Å². The van der Waals surface area contributed by atoms with Crippen LogP contribution in [-0.4, -0.2) is 40.6 Å². The first kappa shape index (κ1) is 24.6. The number of nitrogens with one attached hydrogen (secondary N) is 1. The highest BCUT2D eigenvalue weighted by molar-refractivity contribution is 7.99. The summed E-state index contributed by atoms with van der Waals surface area (Å²) in [6.07, 6.45) is -0.670. The third-order valence-corrected chi connectivity index (χ3v) is 5.83. The van der Waals surface area contributed by atoms with Crippen molar-refractivity contribution in [3.63, 3.8) is 0 Å². The van der Waals surface area contributed by atoms with Crippen LogP contribution in [0.1, 0.15) is 18.9 Å². The van der Waals surface area contributed by atoms with Crippen LogP contribution in [0.15, 0.2) is 35.5 Å². The van der Waals surface area contributed by atoms with E-state index in [2.05, 4.69) is 15.5 Å². The van der Waals surface area contributed by atoms with Crippen molar-refractivity contribution < 1.29 is 27.8 Å². The molecule has 0 saturated carbocycles. The number of carbonyl (C=O) groups is 1. The molecule has 3 rings (SSSR count). The Bertz CT molecular complexity index is 1160. The lowest BCUT2D eigenvalue weighted by Gasteiger charge is -2.15. The lowest BCUT2D eigenvalue weighted by Crippen LogP contribution is -2.15. The average molecular weight is 499 g/mol. The van der Waals surface area contributed by atoms with E-state index in [0.29, 0.717) is 33.2 Å². The van der Waals surface area contributed by atoms with E-state index in [1.54, 1.807) is 30.7 Å². The molecule has 0 spiro atoms. The van der Waals surface area contributed by atoms with Gasteiger partial charge in [0.1, 0.15) is 17.3 Å². The summed E-state index contributed by atoms with van der Waals surface area (Å²) >= 11 is 7.23. The first-order valence-corrected chi connectivity index (χ1v) is 10.9. The van der Waals surface area contributed by atoms with Crippen molar-refractivity contribution in [3.8, 4) is 17.2 Å². The van der Waals surface area contributed by atoms with E-state index in [-0.39, 0.29) is 17.4 Å². The molecule has 1 aromatic heterocycles. The van der Waals surface area contributed by atoms with Crippen LogP contribution in [0.2, 0.25) is 5.02 Å². The SMILES string of the molecule is COc1cc(NC(=O)CSc2nnc(C(C)Oc3ccc(F)cc3F)n2C)c(OC)cc1Cl. The normalized spacial score (nSPS) is 11.7. The zero-order chi connectivity index (χ0) is 24.1. The molecule has 1 N–H and O–H groups in total. The number of carbonyl (C=O) groups excluding carboxylic acids is 1. The molecular formula is C21H21ClF2N4O4S. The van der Waals surface area contributed by atoms with Crippen molar-refractivity contribution in [3.05, 3.63) is 52.8 Å². The van der Waals surface area contributed by atoms with Crippen LogP contribution in [-0.2, 0) is 11.8 Å². The smallest absolute Gasteiger partial charge is 0.234 e. The lowest BCUT2D eigenvalue weighted by molar-refractivity contribution is -0.113. The molecule has 0 fully saturated rings. The maximum absolute atomic E-state index is 13.9. The van der Waals surface area contributed by atoms with Gasteiger partial charge in [-0.15, -0.1) is 10.2 Å². The molecule has 176 valence electrons. The van der Waals surface area contributed by atoms with Gasteiger partial charge in [0.05, 0.1) is 30.7 Å². The first-order chi connectivity index (χ1) is 15.7. The van der Waals surface area contributed by atoms with Gasteiger partial charge in [-0.1, -0.05) is 23.4 Å². The number of aromatic nitrogens is 3. The van der Waals surface area contributed by atoms with Crippen LogP contribution in [0.4, 0.5) is 14.5 Å². The first-order valence-electron chi connectivity index (χ1n) is 9.58. The summed E-state index contributed by atoms with van der Waals surface area (Å²) in [5.41, 5.74) is 0.409. The molecule has 2 aromatic carbocycles. The summed E-state index contributed by atoms with van der Waals surface area (Å²) < 4.78 is 44.6. The molecule has 3 aromatic rings. The van der Waals surface area contributed by atoms with Gasteiger partial charge >= 0.3 is 0 Å². The van der Waals surface area contributed by atoms with Crippen molar-refractivity contribution in [2.75, 3.05) is 25.3 Å². The molecule has 12 heteroatoms. The summed E-state index contributed by atoms with van der Waals surface area (Å²) in [7, 11) is 4.63. The predicted octanol–water partition coefficient (Wildman–Crippen LogP) is 4.63. The molecule has 0 radical (unpaired) electrons. The third-order valence-electron chi connectivity index (χ3n) is 4.51. The van der Waals surface area contributed by atoms with Gasteiger partial charge < -0.3 is 24.1 Å². The quantitative estimate of drug-likeness (QED) is 0.430. The maximum atomic E-state index is 13.9. The van der Waals surface area contributed by atoms with E-state index >= 15 is 0 Å². The molecule has 1 heterocycles. The van der Waals surface area contributed by atoms with Crippen molar-refractivity contribution >= 4 is 35.0 Å². The fourth-order valence-corrected chi connectivity index (χ4v) is 3.84. The second-order valence-electron chi connectivity index (χ2n) is 6.76. The van der Waals surface area contributed by atoms with Gasteiger partial charge in [-0.25, -0.2) is 8.78 Å². The minimum absolute atomic E-state index is 0.0297. The Morgan fingerprint density at radius 2 is 1.88 bits per heavy atom. The van der Waals surface area contributed by atoms with E-state index < -0.39 is 17.7 Å². The fraction of sp³-hybridized carbons (Fsp3) is 0.286. The molecule has 1 unspecified atom stereocenters. The molecule has 1 amide bonds. The van der Waals surface area contributed by atoms with Crippen molar-refractivity contribution in [1.82, 2.24) is 14.8 Å². The Kier molecular flexibility index (Phi) is 7.98. The Morgan fingerprint density at radius 3 is 2.55 bits per heavy atom. The number of benzene rings is 2. The number of methoxy groups -OCH3 is 2. The van der Waals surface area contributed by atoms with Gasteiger partial charge in [0.15, 0.2) is 28.7 Å². The van der Waals surface area contributed by atoms with Crippen molar-refractivity contribution in [2.45, 2.75) is 18.2 Å². The average Bonchev–Trinajstić information content (AvgIpc) is 3.15. The van der Waals surface area contributed by atoms with Gasteiger partial charge in [0, 0.05) is 25.2 Å². The second kappa shape index (κ2) is 10.7. The minimum Gasteiger partial charge on any atom is -0.495 e. The zero-order valence-corrected chi connectivity index (χ0v) is 19.8. The Hall–Kier alpha value is -3.05. The molecule has 0 aliphatic carbocycles. The van der Waals surface area contributed by atoms with Gasteiger partial charge in [-0.3, -0.25) is 4.79 Å². The number of hydrogen-bond donors (Lipinski definition) is 1. The van der Waals surface area contributed by atoms with Crippen molar-refractivity contribution in [1.29, 1.82) is 0 Å². The summed E-state index contributed by atoms with van der Waals surface area (Å²) in [4.78, 5) is 12.5. The highest BCUT2D eigenvalue weighted by Crippen LogP contribution is 2.36. The number of anilines is 1. The minimum atomic E-state index is -0.815. The Labute approximate surface area is 198 Å². The van der Waals surface area contributed by atoms with E-state index in [1.807, 2.05) is 0 Å². The Balaban J connectivity index is 1.64. The Morgan fingerprint density at radius 1 is 1.15 bits per heavy atom. The fourth-order valence-electron chi connectivity index (χ4n) is 2.89. The zero-order valence-electron chi connectivity index (χ0n) is 18.2. The van der Waals surface area contributed by atoms with E-state index in [0.717, 1.165) is 23.9 Å². The summed E-state index contributed by atoms with van der Waals surface area (Å²) in [5.74, 6) is -0.711. The molecule has 8 nitrogen and oxygen atoms in total. The number of thioether (sulfide) groups is 1. The largest absolute Gasteiger partial charge is 0.495 e. The number of rotatable bonds is 9. The molecular weight excluding hydrogens is 478 g/mol. The number of hydrogen-bond acceptors (Lipinski definition) is 7. The summed E-state index contributed by atoms with van der Waals surface area (Å²) in [6.45, 7) is 1.66. The van der Waals surface area contributed by atoms with Crippen LogP contribution < -0.4 is 19.5 Å². The standard InChI is InChI=1S/C21H21ClF2N4O4S/c1-11(32-16-6-5-12(23)7-14(16)24)20-26-27-21(28(20)2)33-10-19(29)25-15-9-17(30-3)13(22)8-18(15)31-4/h5-9,11H,10H2,1-4H3,(H,25,29). The number of amides is 1. The molecule has 33 heavy (non-hydrogen) atoms. The molecule has 0 bridgehead atoms. The highest BCUT2D eigenvalue weighted by Gasteiger charge is 2.20. The predicted molar refractivity (Wildman–Crippen MR) is 120 cm³/mol. The number of nitrogens with zero attached hydrogens (tertiary/aromatic N) is 3. The summed E-state index contributed by atoms with van der Waals surface area (Å²) in [6, 6.07) is 6.16. The van der Waals surface area contributed by atoms with Crippen LogP contribution >= 0.6 is 23.4 Å². The van der Waals surface area contributed by atoms with Gasteiger partial charge in [-0.2, -0.15) is 0 Å². The monoisotopic (exact) mass is 498 g/mol. The van der Waals surface area contributed by atoms with E-state index in [1.165, 1.54) is 20.3 Å². The topological polar surface area (TPSA) is 87.5 Å². The lowest BCUT2D eigenvalue weighted by atomic mass is 10.2.